The van der Waals surface area contributed by atoms with Gasteiger partial charge in [0.25, 0.3) is 0 Å². The zero-order valence-electron chi connectivity index (χ0n) is 15.6. The number of fused-ring (bicyclic) bond motifs is 9. The summed E-state index contributed by atoms with van der Waals surface area (Å²) in [5, 5.41) is 4.00. The second-order valence-corrected chi connectivity index (χ2v) is 8.83. The summed E-state index contributed by atoms with van der Waals surface area (Å²) in [5.74, 6) is 0.304. The lowest BCUT2D eigenvalue weighted by molar-refractivity contribution is 1.03. The number of rotatable bonds is 1. The highest BCUT2D eigenvalue weighted by Gasteiger charge is 2.33. The Morgan fingerprint density at radius 2 is 1.41 bits per heavy atom. The predicted octanol–water partition coefficient (Wildman–Crippen LogP) is 7.70. The van der Waals surface area contributed by atoms with Crippen molar-refractivity contribution >= 4 is 43.2 Å². The molecule has 1 atom stereocenters. The number of aromatic amines is 1. The fraction of sp³-hybridized carbons (Fsp3) is 0.0370. The lowest BCUT2D eigenvalue weighted by Gasteiger charge is -2.14. The van der Waals surface area contributed by atoms with Crippen molar-refractivity contribution in [2.24, 2.45) is 0 Å². The van der Waals surface area contributed by atoms with Crippen molar-refractivity contribution in [2.75, 3.05) is 0 Å². The minimum Gasteiger partial charge on any atom is -0.353 e. The third-order valence-corrected chi connectivity index (χ3v) is 7.58. The van der Waals surface area contributed by atoms with Crippen molar-refractivity contribution in [1.29, 1.82) is 0 Å². The van der Waals surface area contributed by atoms with E-state index in [-0.39, 0.29) is 0 Å². The van der Waals surface area contributed by atoms with Gasteiger partial charge in [0.2, 0.25) is 0 Å². The molecule has 2 heteroatoms. The first-order valence-corrected chi connectivity index (χ1v) is 10.8. The van der Waals surface area contributed by atoms with Crippen molar-refractivity contribution < 1.29 is 0 Å². The largest absolute Gasteiger partial charge is 0.353 e. The number of benzene rings is 4. The lowest BCUT2D eigenvalue weighted by atomic mass is 9.88. The molecule has 29 heavy (non-hydrogen) atoms. The average Bonchev–Trinajstić information content (AvgIpc) is 3.43. The molecule has 1 aliphatic carbocycles. The first-order valence-electron chi connectivity index (χ1n) is 10.0. The van der Waals surface area contributed by atoms with E-state index in [1.807, 2.05) is 11.3 Å². The summed E-state index contributed by atoms with van der Waals surface area (Å²) in [6.45, 7) is 0. The van der Waals surface area contributed by atoms with Crippen LogP contribution in [0.25, 0.3) is 42.3 Å². The van der Waals surface area contributed by atoms with Crippen molar-refractivity contribution in [3.05, 3.63) is 108 Å². The summed E-state index contributed by atoms with van der Waals surface area (Å²) in [5.41, 5.74) is 8.14. The molecule has 4 aromatic carbocycles. The van der Waals surface area contributed by atoms with Crippen molar-refractivity contribution in [1.82, 2.24) is 4.98 Å². The van der Waals surface area contributed by atoms with E-state index in [0.29, 0.717) is 5.92 Å². The van der Waals surface area contributed by atoms with Gasteiger partial charge in [0.05, 0.1) is 10.2 Å². The highest BCUT2D eigenvalue weighted by atomic mass is 32.1. The monoisotopic (exact) mass is 387 g/mol. The van der Waals surface area contributed by atoms with Gasteiger partial charge < -0.3 is 4.98 Å². The maximum atomic E-state index is 3.70. The van der Waals surface area contributed by atoms with Crippen LogP contribution in [0, 0.1) is 0 Å². The summed E-state index contributed by atoms with van der Waals surface area (Å²) in [6.07, 6.45) is 0. The Morgan fingerprint density at radius 3 is 2.34 bits per heavy atom. The predicted molar refractivity (Wildman–Crippen MR) is 124 cm³/mol. The van der Waals surface area contributed by atoms with E-state index in [9.17, 15) is 0 Å². The van der Waals surface area contributed by atoms with E-state index < -0.39 is 0 Å². The first kappa shape index (κ1) is 15.5. The first-order chi connectivity index (χ1) is 14.4. The molecular formula is C27H17NS. The third kappa shape index (κ3) is 1.99. The topological polar surface area (TPSA) is 15.8 Å². The molecule has 136 valence electrons. The van der Waals surface area contributed by atoms with Crippen LogP contribution in [0.15, 0.2) is 91.0 Å². The Labute approximate surface area is 172 Å². The normalized spacial score (nSPS) is 15.2. The van der Waals surface area contributed by atoms with Crippen LogP contribution < -0.4 is 0 Å². The molecule has 1 aliphatic rings. The molecule has 0 bridgehead atoms. The smallest absolute Gasteiger partial charge is 0.0646 e. The molecular weight excluding hydrogens is 370 g/mol. The van der Waals surface area contributed by atoms with Crippen LogP contribution in [0.1, 0.15) is 22.6 Å². The van der Waals surface area contributed by atoms with Gasteiger partial charge in [-0.3, -0.25) is 0 Å². The standard InChI is InChI=1S/C27H17NS/c1-2-8-16(9-3-1)23-18-11-4-5-12-20(18)26-24(23)21-15-14-19-17-10-6-7-13-22(17)28-25(19)27(21)29-26/h1-15,23,28H. The molecule has 1 N–H and O–H groups in total. The van der Waals surface area contributed by atoms with Gasteiger partial charge in [0.15, 0.2) is 0 Å². The quantitative estimate of drug-likeness (QED) is 0.297. The molecule has 0 amide bonds. The molecule has 6 aromatic rings. The number of aromatic nitrogens is 1. The Balaban J connectivity index is 1.62. The minimum atomic E-state index is 0.304. The molecule has 1 nitrogen and oxygen atoms in total. The number of hydrogen-bond acceptors (Lipinski definition) is 1. The molecule has 2 aromatic heterocycles. The van der Waals surface area contributed by atoms with Crippen LogP contribution in [0.3, 0.4) is 0 Å². The van der Waals surface area contributed by atoms with E-state index in [1.54, 1.807) is 0 Å². The SMILES string of the molecule is c1ccc(C2c3ccccc3-c3sc4c(ccc5c6ccccc6[nH]c54)c32)cc1. The maximum Gasteiger partial charge on any atom is 0.0646 e. The fourth-order valence-corrected chi connectivity index (χ4v) is 6.47. The summed E-state index contributed by atoms with van der Waals surface area (Å²) < 4.78 is 1.37. The minimum absolute atomic E-state index is 0.304. The van der Waals surface area contributed by atoms with Gasteiger partial charge in [-0.2, -0.15) is 0 Å². The van der Waals surface area contributed by atoms with Gasteiger partial charge in [0.1, 0.15) is 0 Å². The van der Waals surface area contributed by atoms with Gasteiger partial charge in [-0.05, 0) is 33.7 Å². The van der Waals surface area contributed by atoms with Crippen molar-refractivity contribution in [3.63, 3.8) is 0 Å². The Bertz CT molecular complexity index is 1550. The van der Waals surface area contributed by atoms with Gasteiger partial charge in [-0.1, -0.05) is 84.9 Å². The maximum absolute atomic E-state index is 3.70. The van der Waals surface area contributed by atoms with Crippen LogP contribution in [0.2, 0.25) is 0 Å². The van der Waals surface area contributed by atoms with E-state index >= 15 is 0 Å². The van der Waals surface area contributed by atoms with E-state index in [1.165, 1.54) is 59.0 Å². The zero-order valence-corrected chi connectivity index (χ0v) is 16.5. The Morgan fingerprint density at radius 1 is 0.655 bits per heavy atom. The van der Waals surface area contributed by atoms with Gasteiger partial charge in [0, 0.05) is 27.1 Å². The van der Waals surface area contributed by atoms with Gasteiger partial charge in [-0.15, -0.1) is 11.3 Å². The third-order valence-electron chi connectivity index (χ3n) is 6.31. The van der Waals surface area contributed by atoms with Crippen molar-refractivity contribution in [2.45, 2.75) is 5.92 Å². The van der Waals surface area contributed by atoms with Crippen LogP contribution in [0.4, 0.5) is 0 Å². The molecule has 0 saturated carbocycles. The summed E-state index contributed by atoms with van der Waals surface area (Å²) >= 11 is 1.94. The second-order valence-electron chi connectivity index (χ2n) is 7.81. The number of hydrogen-bond donors (Lipinski definition) is 1. The van der Waals surface area contributed by atoms with E-state index in [4.69, 9.17) is 0 Å². The second kappa shape index (κ2) is 5.59. The van der Waals surface area contributed by atoms with E-state index in [2.05, 4.69) is 96.0 Å². The molecule has 0 saturated heterocycles. The summed E-state index contributed by atoms with van der Waals surface area (Å²) in [6, 6.07) is 33.1. The highest BCUT2D eigenvalue weighted by Crippen LogP contribution is 2.55. The summed E-state index contributed by atoms with van der Waals surface area (Å²) in [7, 11) is 0. The summed E-state index contributed by atoms with van der Waals surface area (Å²) in [4.78, 5) is 5.13. The molecule has 1 unspecified atom stereocenters. The van der Waals surface area contributed by atoms with Gasteiger partial charge in [-0.25, -0.2) is 0 Å². The van der Waals surface area contributed by atoms with Crippen LogP contribution >= 0.6 is 11.3 Å². The van der Waals surface area contributed by atoms with Gasteiger partial charge >= 0.3 is 0 Å². The van der Waals surface area contributed by atoms with Crippen LogP contribution in [-0.4, -0.2) is 4.98 Å². The molecule has 0 spiro atoms. The molecule has 0 fully saturated rings. The van der Waals surface area contributed by atoms with E-state index in [0.717, 1.165) is 0 Å². The number of nitrogens with one attached hydrogen (secondary N) is 1. The number of H-pyrrole nitrogens is 1. The average molecular weight is 388 g/mol. The fourth-order valence-electron chi connectivity index (χ4n) is 5.08. The Kier molecular flexibility index (Phi) is 3.00. The molecule has 0 aliphatic heterocycles. The highest BCUT2D eigenvalue weighted by molar-refractivity contribution is 7.23. The number of para-hydroxylation sites is 1. The molecule has 2 heterocycles. The molecule has 0 radical (unpaired) electrons. The molecule has 7 rings (SSSR count). The lowest BCUT2D eigenvalue weighted by Crippen LogP contribution is -1.98. The van der Waals surface area contributed by atoms with Crippen molar-refractivity contribution in [3.8, 4) is 10.4 Å². The number of thiophene rings is 1. The Hall–Kier alpha value is -3.36. The zero-order chi connectivity index (χ0) is 18.9. The van der Waals surface area contributed by atoms with Crippen LogP contribution in [-0.2, 0) is 0 Å². The van der Waals surface area contributed by atoms with Crippen LogP contribution in [0.5, 0.6) is 0 Å².